The van der Waals surface area contributed by atoms with Crippen molar-refractivity contribution in [3.8, 4) is 45.5 Å². The van der Waals surface area contributed by atoms with E-state index in [1.165, 1.54) is 21.8 Å². The molecule has 0 aliphatic heterocycles. The van der Waals surface area contributed by atoms with E-state index in [0.29, 0.717) is 0 Å². The SMILES string of the molecule is c1ccc(Oc2ccc3c(c2)c2c(Oc4ccccc4)cccc2n3-c2ccc3oc4c(-c5cccc(-n6c7ccccc7c7ccccc76)c5)cccc4c3c2)cc1. The van der Waals surface area contributed by atoms with E-state index in [1.807, 2.05) is 72.8 Å². The van der Waals surface area contributed by atoms with Crippen LogP contribution in [0.2, 0.25) is 0 Å². The Hall–Kier alpha value is -8.02. The number of nitrogens with zero attached hydrogens (tertiary/aromatic N) is 2. The van der Waals surface area contributed by atoms with Crippen molar-refractivity contribution in [1.29, 1.82) is 0 Å². The van der Waals surface area contributed by atoms with Crippen LogP contribution in [0.3, 0.4) is 0 Å². The highest BCUT2D eigenvalue weighted by Gasteiger charge is 2.20. The molecule has 0 spiro atoms. The third kappa shape index (κ3) is 5.40. The summed E-state index contributed by atoms with van der Waals surface area (Å²) >= 11 is 0. The summed E-state index contributed by atoms with van der Waals surface area (Å²) in [7, 11) is 0. The summed E-state index contributed by atoms with van der Waals surface area (Å²) in [6.07, 6.45) is 0. The predicted octanol–water partition coefficient (Wildman–Crippen LogP) is 15.0. The van der Waals surface area contributed by atoms with Gasteiger partial charge in [-0.1, -0.05) is 109 Å². The van der Waals surface area contributed by atoms with Gasteiger partial charge in [0.15, 0.2) is 0 Å². The number of aromatic nitrogens is 2. The highest BCUT2D eigenvalue weighted by atomic mass is 16.5. The Kier molecular flexibility index (Phi) is 7.47. The molecule has 12 aromatic rings. The lowest BCUT2D eigenvalue weighted by Gasteiger charge is -2.10. The molecular weight excluding hydrogens is 725 g/mol. The van der Waals surface area contributed by atoms with Gasteiger partial charge in [-0.05, 0) is 103 Å². The average Bonchev–Trinajstić information content (AvgIpc) is 3.95. The maximum absolute atomic E-state index is 6.76. The van der Waals surface area contributed by atoms with Gasteiger partial charge < -0.3 is 23.0 Å². The molecule has 0 amide bonds. The second kappa shape index (κ2) is 13.3. The fourth-order valence-electron chi connectivity index (χ4n) is 8.85. The Morgan fingerprint density at radius 2 is 0.966 bits per heavy atom. The Morgan fingerprint density at radius 3 is 1.75 bits per heavy atom. The molecule has 5 heteroatoms. The second-order valence-electron chi connectivity index (χ2n) is 14.9. The lowest BCUT2D eigenvalue weighted by atomic mass is 10.0. The van der Waals surface area contributed by atoms with Crippen molar-refractivity contribution in [2.24, 2.45) is 0 Å². The van der Waals surface area contributed by atoms with Crippen molar-refractivity contribution in [1.82, 2.24) is 9.13 Å². The van der Waals surface area contributed by atoms with Crippen molar-refractivity contribution in [3.05, 3.63) is 206 Å². The first-order valence-corrected chi connectivity index (χ1v) is 19.8. The predicted molar refractivity (Wildman–Crippen MR) is 241 cm³/mol. The van der Waals surface area contributed by atoms with Gasteiger partial charge in [0.1, 0.15) is 34.2 Å². The summed E-state index contributed by atoms with van der Waals surface area (Å²) in [6.45, 7) is 0. The summed E-state index contributed by atoms with van der Waals surface area (Å²) < 4.78 is 24.4. The summed E-state index contributed by atoms with van der Waals surface area (Å²) in [6, 6.07) is 71.3. The second-order valence-corrected chi connectivity index (χ2v) is 14.9. The third-order valence-corrected chi connectivity index (χ3v) is 11.4. The van der Waals surface area contributed by atoms with E-state index in [4.69, 9.17) is 13.9 Å². The molecule has 0 atom stereocenters. The van der Waals surface area contributed by atoms with Crippen LogP contribution in [-0.2, 0) is 0 Å². The molecular formula is C54H34N2O3. The number of rotatable bonds is 7. The van der Waals surface area contributed by atoms with Crippen LogP contribution in [0.25, 0.3) is 88.1 Å². The molecule has 0 fully saturated rings. The zero-order valence-corrected chi connectivity index (χ0v) is 31.7. The van der Waals surface area contributed by atoms with Gasteiger partial charge in [0, 0.05) is 43.9 Å². The van der Waals surface area contributed by atoms with E-state index in [0.717, 1.165) is 89.2 Å². The van der Waals surface area contributed by atoms with Crippen LogP contribution in [0.5, 0.6) is 23.0 Å². The Balaban J connectivity index is 1.01. The van der Waals surface area contributed by atoms with Gasteiger partial charge in [0.25, 0.3) is 0 Å². The minimum absolute atomic E-state index is 0.753. The number of fused-ring (bicyclic) bond motifs is 9. The summed E-state index contributed by atoms with van der Waals surface area (Å²) in [4.78, 5) is 0. The van der Waals surface area contributed by atoms with Crippen molar-refractivity contribution in [2.75, 3.05) is 0 Å². The largest absolute Gasteiger partial charge is 0.457 e. The van der Waals surface area contributed by atoms with E-state index < -0.39 is 0 Å². The lowest BCUT2D eigenvalue weighted by Crippen LogP contribution is -1.94. The van der Waals surface area contributed by atoms with Gasteiger partial charge in [-0.2, -0.15) is 0 Å². The van der Waals surface area contributed by atoms with E-state index in [9.17, 15) is 0 Å². The first-order valence-electron chi connectivity index (χ1n) is 19.8. The first-order chi connectivity index (χ1) is 29.2. The molecule has 0 aliphatic carbocycles. The minimum Gasteiger partial charge on any atom is -0.457 e. The normalized spacial score (nSPS) is 11.7. The molecule has 59 heavy (non-hydrogen) atoms. The average molecular weight is 759 g/mol. The molecule has 3 heterocycles. The van der Waals surface area contributed by atoms with Gasteiger partial charge in [0.2, 0.25) is 0 Å². The smallest absolute Gasteiger partial charge is 0.143 e. The molecule has 0 bridgehead atoms. The van der Waals surface area contributed by atoms with Crippen LogP contribution in [0.15, 0.2) is 211 Å². The zero-order valence-electron chi connectivity index (χ0n) is 31.7. The van der Waals surface area contributed by atoms with Crippen LogP contribution in [0, 0.1) is 0 Å². The summed E-state index contributed by atoms with van der Waals surface area (Å²) in [5.74, 6) is 3.09. The van der Waals surface area contributed by atoms with Crippen LogP contribution >= 0.6 is 0 Å². The molecule has 5 nitrogen and oxygen atoms in total. The summed E-state index contributed by atoms with van der Waals surface area (Å²) in [5.41, 5.74) is 10.4. The Morgan fingerprint density at radius 1 is 0.356 bits per heavy atom. The summed E-state index contributed by atoms with van der Waals surface area (Å²) in [5, 5.41) is 6.64. The van der Waals surface area contributed by atoms with Crippen molar-refractivity contribution < 1.29 is 13.9 Å². The monoisotopic (exact) mass is 758 g/mol. The number of para-hydroxylation sites is 5. The van der Waals surface area contributed by atoms with Gasteiger partial charge in [-0.15, -0.1) is 0 Å². The molecule has 0 saturated heterocycles. The van der Waals surface area contributed by atoms with Gasteiger partial charge in [-0.25, -0.2) is 0 Å². The topological polar surface area (TPSA) is 41.5 Å². The molecule has 0 N–H and O–H groups in total. The standard InChI is InChI=1S/C54H34N2O3/c1-3-16-38(17-4-1)57-40-29-30-49-46(34-40)53-50(26-13-27-52(53)58-39-18-5-2-6-19-39)56(49)37-28-31-51-45(33-37)44-23-12-22-41(54(44)59-51)35-14-11-15-36(32-35)55-47-24-9-7-20-42(47)43-21-8-10-25-48(43)55/h1-34H. The number of ether oxygens (including phenoxy) is 2. The molecule has 0 unspecified atom stereocenters. The van der Waals surface area contributed by atoms with Gasteiger partial charge in [0.05, 0.1) is 27.5 Å². The molecule has 3 aromatic heterocycles. The van der Waals surface area contributed by atoms with Crippen LogP contribution in [0.1, 0.15) is 0 Å². The fourth-order valence-corrected chi connectivity index (χ4v) is 8.85. The van der Waals surface area contributed by atoms with Crippen LogP contribution in [-0.4, -0.2) is 9.13 Å². The molecule has 0 radical (unpaired) electrons. The maximum atomic E-state index is 6.76. The molecule has 0 saturated carbocycles. The first kappa shape index (κ1) is 33.2. The zero-order chi connectivity index (χ0) is 38.9. The maximum Gasteiger partial charge on any atom is 0.143 e. The van der Waals surface area contributed by atoms with Gasteiger partial charge in [-0.3, -0.25) is 0 Å². The lowest BCUT2D eigenvalue weighted by molar-refractivity contribution is 0.483. The number of benzene rings is 9. The van der Waals surface area contributed by atoms with E-state index >= 15 is 0 Å². The molecule has 0 aliphatic rings. The number of hydrogen-bond donors (Lipinski definition) is 0. The highest BCUT2D eigenvalue weighted by Crippen LogP contribution is 2.43. The van der Waals surface area contributed by atoms with Crippen molar-refractivity contribution in [2.45, 2.75) is 0 Å². The van der Waals surface area contributed by atoms with Crippen molar-refractivity contribution >= 4 is 65.6 Å². The van der Waals surface area contributed by atoms with E-state index in [-0.39, 0.29) is 0 Å². The highest BCUT2D eigenvalue weighted by molar-refractivity contribution is 6.14. The number of hydrogen-bond acceptors (Lipinski definition) is 3. The number of furan rings is 1. The van der Waals surface area contributed by atoms with Crippen LogP contribution in [0.4, 0.5) is 0 Å². The molecule has 9 aromatic carbocycles. The third-order valence-electron chi connectivity index (χ3n) is 11.4. The van der Waals surface area contributed by atoms with E-state index in [1.54, 1.807) is 0 Å². The molecule has 12 rings (SSSR count). The Labute approximate surface area is 339 Å². The van der Waals surface area contributed by atoms with Crippen molar-refractivity contribution in [3.63, 3.8) is 0 Å². The minimum atomic E-state index is 0.753. The quantitative estimate of drug-likeness (QED) is 0.163. The van der Waals surface area contributed by atoms with Crippen LogP contribution < -0.4 is 9.47 Å². The van der Waals surface area contributed by atoms with Gasteiger partial charge >= 0.3 is 0 Å². The molecule has 278 valence electrons. The van der Waals surface area contributed by atoms with E-state index in [2.05, 4.69) is 143 Å². The Bertz CT molecular complexity index is 3510. The fraction of sp³-hybridized carbons (Fsp3) is 0.